The van der Waals surface area contributed by atoms with E-state index in [9.17, 15) is 4.79 Å². The zero-order chi connectivity index (χ0) is 21.7. The van der Waals surface area contributed by atoms with Crippen LogP contribution < -0.4 is 0 Å². The Hall–Kier alpha value is -0.790. The third-order valence-corrected chi connectivity index (χ3v) is 6.95. The summed E-state index contributed by atoms with van der Waals surface area (Å²) in [5.74, 6) is 0.135. The lowest BCUT2D eigenvalue weighted by atomic mass is 9.84. The number of unbranched alkanes of at least 4 members (excludes halogenated alkanes) is 4. The van der Waals surface area contributed by atoms with Gasteiger partial charge >= 0.3 is 5.97 Å². The molecule has 0 spiro atoms. The van der Waals surface area contributed by atoms with Gasteiger partial charge in [-0.05, 0) is 50.9 Å². The third kappa shape index (κ3) is 16.0. The summed E-state index contributed by atoms with van der Waals surface area (Å²) in [7, 11) is 0. The van der Waals surface area contributed by atoms with Gasteiger partial charge in [-0.25, -0.2) is 0 Å². The van der Waals surface area contributed by atoms with E-state index in [1.807, 2.05) is 0 Å². The Morgan fingerprint density at radius 1 is 0.767 bits per heavy atom. The van der Waals surface area contributed by atoms with E-state index >= 15 is 0 Å². The molecule has 176 valence electrons. The Bertz CT molecular complexity index is 426. The molecule has 1 atom stereocenters. The minimum atomic E-state index is -0.646. The van der Waals surface area contributed by atoms with E-state index < -0.39 is 5.97 Å². The van der Waals surface area contributed by atoms with Crippen LogP contribution in [0.4, 0.5) is 0 Å². The molecule has 0 bridgehead atoms. The second-order valence-electron chi connectivity index (χ2n) is 9.75. The van der Waals surface area contributed by atoms with Gasteiger partial charge in [0, 0.05) is 6.42 Å². The summed E-state index contributed by atoms with van der Waals surface area (Å²) in [4.78, 5) is 10.7. The minimum Gasteiger partial charge on any atom is -0.481 e. The lowest BCUT2D eigenvalue weighted by molar-refractivity contribution is -0.137. The van der Waals surface area contributed by atoms with Gasteiger partial charge in [0.1, 0.15) is 0 Å². The number of aliphatic carboxylic acids is 1. The van der Waals surface area contributed by atoms with Crippen LogP contribution in [-0.2, 0) is 4.79 Å². The van der Waals surface area contributed by atoms with E-state index in [1.165, 1.54) is 128 Å². The first-order chi connectivity index (χ1) is 14.7. The van der Waals surface area contributed by atoms with Crippen molar-refractivity contribution in [2.24, 2.45) is 5.92 Å². The molecule has 0 radical (unpaired) electrons. The summed E-state index contributed by atoms with van der Waals surface area (Å²) < 4.78 is 0. The predicted octanol–water partition coefficient (Wildman–Crippen LogP) is 9.62. The number of allylic oxidation sites excluding steroid dienone is 2. The number of carboxylic acid groups (broad SMARTS) is 1. The van der Waals surface area contributed by atoms with Gasteiger partial charge in [-0.2, -0.15) is 0 Å². The molecule has 1 aliphatic carbocycles. The molecule has 0 aliphatic heterocycles. The zero-order valence-corrected chi connectivity index (χ0v) is 20.3. The average Bonchev–Trinajstić information content (AvgIpc) is 2.73. The molecule has 30 heavy (non-hydrogen) atoms. The van der Waals surface area contributed by atoms with E-state index in [0.29, 0.717) is 6.42 Å². The van der Waals surface area contributed by atoms with Gasteiger partial charge in [0.2, 0.25) is 0 Å². The maximum atomic E-state index is 10.7. The van der Waals surface area contributed by atoms with Crippen LogP contribution in [0.2, 0.25) is 0 Å². The highest BCUT2D eigenvalue weighted by Crippen LogP contribution is 2.30. The standard InChI is InChI=1S/C28H52O2/c1-2-3-21-26(22-19-15-16-20-25-28(29)30)27-23-17-13-11-9-7-5-4-6-8-10-12-14-18-24-27/h23,26H,2-22,24-25H2,1H3,(H,29,30)/b27-23-. The lowest BCUT2D eigenvalue weighted by Crippen LogP contribution is -2.06. The highest BCUT2D eigenvalue weighted by Gasteiger charge is 2.14. The van der Waals surface area contributed by atoms with E-state index in [-0.39, 0.29) is 0 Å². The van der Waals surface area contributed by atoms with Gasteiger partial charge in [0.25, 0.3) is 0 Å². The number of hydrogen-bond donors (Lipinski definition) is 1. The van der Waals surface area contributed by atoms with Gasteiger partial charge in [-0.1, -0.05) is 115 Å². The van der Waals surface area contributed by atoms with Crippen molar-refractivity contribution in [3.8, 4) is 0 Å². The first-order valence-corrected chi connectivity index (χ1v) is 13.6. The monoisotopic (exact) mass is 420 g/mol. The van der Waals surface area contributed by atoms with E-state index in [0.717, 1.165) is 18.8 Å². The van der Waals surface area contributed by atoms with Crippen molar-refractivity contribution in [2.75, 3.05) is 0 Å². The van der Waals surface area contributed by atoms with E-state index in [4.69, 9.17) is 5.11 Å². The molecule has 2 heteroatoms. The minimum absolute atomic E-state index is 0.338. The van der Waals surface area contributed by atoms with Gasteiger partial charge in [0.05, 0.1) is 0 Å². The Morgan fingerprint density at radius 2 is 1.30 bits per heavy atom. The number of carboxylic acids is 1. The Labute approximate surface area is 188 Å². The van der Waals surface area contributed by atoms with Crippen molar-refractivity contribution < 1.29 is 9.90 Å². The average molecular weight is 421 g/mol. The fourth-order valence-corrected chi connectivity index (χ4v) is 4.99. The van der Waals surface area contributed by atoms with Crippen molar-refractivity contribution in [2.45, 2.75) is 155 Å². The van der Waals surface area contributed by atoms with Crippen molar-refractivity contribution in [1.29, 1.82) is 0 Å². The van der Waals surface area contributed by atoms with Crippen LogP contribution in [-0.4, -0.2) is 11.1 Å². The van der Waals surface area contributed by atoms with Crippen LogP contribution in [0, 0.1) is 5.92 Å². The van der Waals surface area contributed by atoms with Gasteiger partial charge < -0.3 is 5.11 Å². The molecule has 0 fully saturated rings. The van der Waals surface area contributed by atoms with Crippen LogP contribution in [0.15, 0.2) is 11.6 Å². The molecule has 0 saturated carbocycles. The van der Waals surface area contributed by atoms with Crippen molar-refractivity contribution in [3.05, 3.63) is 11.6 Å². The molecule has 1 N–H and O–H groups in total. The van der Waals surface area contributed by atoms with Gasteiger partial charge in [-0.15, -0.1) is 0 Å². The summed E-state index contributed by atoms with van der Waals surface area (Å²) in [6, 6.07) is 0. The van der Waals surface area contributed by atoms with Gasteiger partial charge in [-0.3, -0.25) is 4.79 Å². The fraction of sp³-hybridized carbons (Fsp3) is 0.893. The molecular formula is C28H52O2. The molecule has 1 rings (SSSR count). The zero-order valence-electron chi connectivity index (χ0n) is 20.3. The smallest absolute Gasteiger partial charge is 0.303 e. The fourth-order valence-electron chi connectivity index (χ4n) is 4.99. The Balaban J connectivity index is 2.54. The first kappa shape index (κ1) is 27.2. The number of carbonyl (C=O) groups is 1. The quantitative estimate of drug-likeness (QED) is 0.267. The molecule has 0 amide bonds. The van der Waals surface area contributed by atoms with Crippen LogP contribution in [0.3, 0.4) is 0 Å². The van der Waals surface area contributed by atoms with Crippen LogP contribution >= 0.6 is 0 Å². The van der Waals surface area contributed by atoms with Crippen LogP contribution in [0.1, 0.15) is 155 Å². The second-order valence-corrected chi connectivity index (χ2v) is 9.75. The lowest BCUT2D eigenvalue weighted by Gasteiger charge is -2.21. The molecule has 0 saturated heterocycles. The van der Waals surface area contributed by atoms with E-state index in [2.05, 4.69) is 13.0 Å². The van der Waals surface area contributed by atoms with E-state index in [1.54, 1.807) is 5.57 Å². The summed E-state index contributed by atoms with van der Waals surface area (Å²) in [5, 5.41) is 8.81. The highest BCUT2D eigenvalue weighted by molar-refractivity contribution is 5.66. The van der Waals surface area contributed by atoms with Crippen LogP contribution in [0.5, 0.6) is 0 Å². The molecular weight excluding hydrogens is 368 g/mol. The maximum absolute atomic E-state index is 10.7. The first-order valence-electron chi connectivity index (χ1n) is 13.6. The normalized spacial score (nSPS) is 20.9. The molecule has 1 aliphatic rings. The van der Waals surface area contributed by atoms with Crippen molar-refractivity contribution in [3.63, 3.8) is 0 Å². The molecule has 0 aromatic heterocycles. The van der Waals surface area contributed by atoms with Gasteiger partial charge in [0.15, 0.2) is 0 Å². The predicted molar refractivity (Wildman–Crippen MR) is 131 cm³/mol. The van der Waals surface area contributed by atoms with Crippen LogP contribution in [0.25, 0.3) is 0 Å². The highest BCUT2D eigenvalue weighted by atomic mass is 16.4. The topological polar surface area (TPSA) is 37.3 Å². The number of rotatable bonds is 11. The molecule has 0 aromatic rings. The Kier molecular flexibility index (Phi) is 18.3. The second kappa shape index (κ2) is 20.1. The number of hydrogen-bond acceptors (Lipinski definition) is 1. The summed E-state index contributed by atoms with van der Waals surface area (Å²) in [5.41, 5.74) is 1.78. The molecule has 0 heterocycles. The molecule has 0 aromatic carbocycles. The SMILES string of the molecule is CCCCC(CCCCCCC(=O)O)/C1=C\CCCCCCCCCCCCCC1. The van der Waals surface area contributed by atoms with Crippen molar-refractivity contribution in [1.82, 2.24) is 0 Å². The molecule has 2 nitrogen and oxygen atoms in total. The maximum Gasteiger partial charge on any atom is 0.303 e. The largest absolute Gasteiger partial charge is 0.481 e. The summed E-state index contributed by atoms with van der Waals surface area (Å²) >= 11 is 0. The molecule has 1 unspecified atom stereocenters. The Morgan fingerprint density at radius 3 is 1.90 bits per heavy atom. The third-order valence-electron chi connectivity index (χ3n) is 6.95. The summed E-state index contributed by atoms with van der Waals surface area (Å²) in [6.45, 7) is 2.32. The summed E-state index contributed by atoms with van der Waals surface area (Å²) in [6.07, 6.45) is 32.4. The van der Waals surface area contributed by atoms with Crippen molar-refractivity contribution >= 4 is 5.97 Å².